The Hall–Kier alpha value is -1.35. The van der Waals surface area contributed by atoms with Gasteiger partial charge in [-0.2, -0.15) is 0 Å². The Morgan fingerprint density at radius 2 is 1.93 bits per heavy atom. The van der Waals surface area contributed by atoms with E-state index in [0.717, 1.165) is 16.8 Å². The van der Waals surface area contributed by atoms with Crippen LogP contribution in [0.3, 0.4) is 0 Å². The summed E-state index contributed by atoms with van der Waals surface area (Å²) in [4.78, 5) is 13.4. The van der Waals surface area contributed by atoms with Gasteiger partial charge in [0.25, 0.3) is 5.91 Å². The second kappa shape index (κ2) is 2.83. The first-order valence-electron chi connectivity index (χ1n) is 4.98. The van der Waals surface area contributed by atoms with E-state index < -0.39 is 5.60 Å². The number of aryl methyl sites for hydroxylation is 2. The van der Waals surface area contributed by atoms with Crippen molar-refractivity contribution in [1.82, 2.24) is 0 Å². The number of nitrogens with zero attached hydrogens (tertiary/aromatic N) is 1. The monoisotopic (exact) mass is 205 g/mol. The first-order chi connectivity index (χ1) is 6.85. The van der Waals surface area contributed by atoms with E-state index in [0.29, 0.717) is 5.56 Å². The van der Waals surface area contributed by atoms with Gasteiger partial charge in [0.05, 0.1) is 5.69 Å². The van der Waals surface area contributed by atoms with Crippen LogP contribution in [0.1, 0.15) is 23.6 Å². The van der Waals surface area contributed by atoms with Gasteiger partial charge in [0, 0.05) is 12.6 Å². The minimum atomic E-state index is -1.37. The number of aliphatic hydroxyl groups is 1. The number of amides is 1. The van der Waals surface area contributed by atoms with Crippen LogP contribution in [0.25, 0.3) is 0 Å². The Bertz CT molecular complexity index is 449. The lowest BCUT2D eigenvalue weighted by molar-refractivity contribution is -0.133. The van der Waals surface area contributed by atoms with Gasteiger partial charge in [0.15, 0.2) is 5.60 Å². The van der Waals surface area contributed by atoms with E-state index in [-0.39, 0.29) is 5.91 Å². The highest BCUT2D eigenvalue weighted by molar-refractivity contribution is 6.06. The molecule has 1 aromatic rings. The number of fused-ring (bicyclic) bond motifs is 1. The van der Waals surface area contributed by atoms with Crippen LogP contribution in [0.15, 0.2) is 12.1 Å². The molecule has 1 aliphatic rings. The van der Waals surface area contributed by atoms with Crippen LogP contribution in [0, 0.1) is 13.8 Å². The van der Waals surface area contributed by atoms with E-state index in [1.807, 2.05) is 26.0 Å². The molecule has 1 aliphatic heterocycles. The third-order valence-corrected chi connectivity index (χ3v) is 3.03. The molecule has 3 nitrogen and oxygen atoms in total. The first-order valence-corrected chi connectivity index (χ1v) is 4.98. The van der Waals surface area contributed by atoms with E-state index in [1.54, 1.807) is 14.0 Å². The Kier molecular flexibility index (Phi) is 1.92. The molecule has 1 N–H and O–H groups in total. The molecule has 0 spiro atoms. The molecule has 1 heterocycles. The number of rotatable bonds is 0. The van der Waals surface area contributed by atoms with Gasteiger partial charge in [-0.3, -0.25) is 4.79 Å². The molecule has 3 heteroatoms. The summed E-state index contributed by atoms with van der Waals surface area (Å²) >= 11 is 0. The molecule has 2 rings (SSSR count). The fourth-order valence-corrected chi connectivity index (χ4v) is 2.32. The lowest BCUT2D eigenvalue weighted by atomic mass is 9.94. The van der Waals surface area contributed by atoms with Crippen molar-refractivity contribution in [2.24, 2.45) is 0 Å². The minimum Gasteiger partial charge on any atom is -0.375 e. The van der Waals surface area contributed by atoms with Crippen molar-refractivity contribution in [3.63, 3.8) is 0 Å². The molecule has 80 valence electrons. The number of anilines is 1. The maximum absolute atomic E-state index is 11.8. The van der Waals surface area contributed by atoms with Crippen LogP contribution in [0.5, 0.6) is 0 Å². The summed E-state index contributed by atoms with van der Waals surface area (Å²) in [5.41, 5.74) is 2.28. The fraction of sp³-hybridized carbons (Fsp3) is 0.417. The fourth-order valence-electron chi connectivity index (χ4n) is 2.32. The molecule has 0 radical (unpaired) electrons. The highest BCUT2D eigenvalue weighted by atomic mass is 16.3. The van der Waals surface area contributed by atoms with Gasteiger partial charge in [-0.15, -0.1) is 0 Å². The summed E-state index contributed by atoms with van der Waals surface area (Å²) in [6.07, 6.45) is 0. The average molecular weight is 205 g/mol. The number of carbonyl (C=O) groups excluding carboxylic acids is 1. The summed E-state index contributed by atoms with van der Waals surface area (Å²) in [5, 5.41) is 10.1. The smallest absolute Gasteiger partial charge is 0.263 e. The molecular formula is C12H15NO2. The zero-order valence-corrected chi connectivity index (χ0v) is 9.46. The van der Waals surface area contributed by atoms with Crippen LogP contribution >= 0.6 is 0 Å². The predicted octanol–water partition coefficient (Wildman–Crippen LogP) is 1.49. The highest BCUT2D eigenvalue weighted by Crippen LogP contribution is 2.41. The van der Waals surface area contributed by atoms with Gasteiger partial charge in [-0.05, 0) is 26.3 Å². The maximum Gasteiger partial charge on any atom is 0.263 e. The molecule has 1 unspecified atom stereocenters. The lowest BCUT2D eigenvalue weighted by Gasteiger charge is -2.15. The maximum atomic E-state index is 11.8. The van der Waals surface area contributed by atoms with Gasteiger partial charge in [-0.25, -0.2) is 0 Å². The van der Waals surface area contributed by atoms with Gasteiger partial charge >= 0.3 is 0 Å². The molecule has 1 amide bonds. The molecule has 0 bridgehead atoms. The second-order valence-corrected chi connectivity index (χ2v) is 4.41. The van der Waals surface area contributed by atoms with Crippen molar-refractivity contribution in [1.29, 1.82) is 0 Å². The van der Waals surface area contributed by atoms with E-state index in [1.165, 1.54) is 4.90 Å². The Morgan fingerprint density at radius 1 is 1.33 bits per heavy atom. The Morgan fingerprint density at radius 3 is 2.53 bits per heavy atom. The van der Waals surface area contributed by atoms with Crippen LogP contribution in [0.4, 0.5) is 5.69 Å². The zero-order chi connectivity index (χ0) is 11.4. The summed E-state index contributed by atoms with van der Waals surface area (Å²) in [5.74, 6) is -0.258. The van der Waals surface area contributed by atoms with Crippen LogP contribution in [-0.2, 0) is 10.4 Å². The minimum absolute atomic E-state index is 0.258. The average Bonchev–Trinajstić information content (AvgIpc) is 2.28. The normalized spacial score (nSPS) is 24.6. The summed E-state index contributed by atoms with van der Waals surface area (Å²) in [6.45, 7) is 5.47. The Labute approximate surface area is 89.3 Å². The van der Waals surface area contributed by atoms with Crippen molar-refractivity contribution in [2.75, 3.05) is 11.9 Å². The largest absolute Gasteiger partial charge is 0.375 e. The number of hydrogen-bond donors (Lipinski definition) is 1. The van der Waals surface area contributed by atoms with Crippen LogP contribution in [-0.4, -0.2) is 18.1 Å². The molecule has 0 aliphatic carbocycles. The number of carbonyl (C=O) groups is 1. The van der Waals surface area contributed by atoms with E-state index in [9.17, 15) is 9.90 Å². The van der Waals surface area contributed by atoms with E-state index in [2.05, 4.69) is 0 Å². The highest BCUT2D eigenvalue weighted by Gasteiger charge is 2.45. The van der Waals surface area contributed by atoms with Gasteiger partial charge in [0.2, 0.25) is 0 Å². The summed E-state index contributed by atoms with van der Waals surface area (Å²) in [6, 6.07) is 3.90. The lowest BCUT2D eigenvalue weighted by Crippen LogP contribution is -2.35. The van der Waals surface area contributed by atoms with Crippen molar-refractivity contribution in [2.45, 2.75) is 26.4 Å². The van der Waals surface area contributed by atoms with Crippen molar-refractivity contribution in [3.8, 4) is 0 Å². The molecule has 0 fully saturated rings. The SMILES string of the molecule is Cc1cc(C)c2c(c1)C(C)(O)C(=O)N2C. The Balaban J connectivity index is 2.77. The first kappa shape index (κ1) is 10.2. The summed E-state index contributed by atoms with van der Waals surface area (Å²) in [7, 11) is 1.70. The quantitative estimate of drug-likeness (QED) is 0.697. The molecule has 0 saturated heterocycles. The molecular weight excluding hydrogens is 190 g/mol. The number of hydrogen-bond acceptors (Lipinski definition) is 2. The zero-order valence-electron chi connectivity index (χ0n) is 9.46. The van der Waals surface area contributed by atoms with Crippen molar-refractivity contribution >= 4 is 11.6 Å². The topological polar surface area (TPSA) is 40.5 Å². The van der Waals surface area contributed by atoms with E-state index >= 15 is 0 Å². The molecule has 0 aromatic heterocycles. The third-order valence-electron chi connectivity index (χ3n) is 3.03. The standard InChI is InChI=1S/C12H15NO2/c1-7-5-8(2)10-9(6-7)12(3,15)11(14)13(10)4/h5-6,15H,1-4H3. The molecule has 15 heavy (non-hydrogen) atoms. The second-order valence-electron chi connectivity index (χ2n) is 4.41. The molecule has 1 aromatic carbocycles. The molecule has 1 atom stereocenters. The number of benzene rings is 1. The van der Waals surface area contributed by atoms with Gasteiger partial charge in [0.1, 0.15) is 0 Å². The predicted molar refractivity (Wildman–Crippen MR) is 58.9 cm³/mol. The van der Waals surface area contributed by atoms with Crippen molar-refractivity contribution in [3.05, 3.63) is 28.8 Å². The van der Waals surface area contributed by atoms with Crippen LogP contribution in [0.2, 0.25) is 0 Å². The van der Waals surface area contributed by atoms with Crippen LogP contribution < -0.4 is 4.90 Å². The van der Waals surface area contributed by atoms with E-state index in [4.69, 9.17) is 0 Å². The van der Waals surface area contributed by atoms with Gasteiger partial charge < -0.3 is 10.0 Å². The van der Waals surface area contributed by atoms with Gasteiger partial charge in [-0.1, -0.05) is 17.7 Å². The number of likely N-dealkylation sites (N-methyl/N-ethyl adjacent to an activating group) is 1. The third kappa shape index (κ3) is 1.20. The molecule has 0 saturated carbocycles. The van der Waals surface area contributed by atoms with Crippen molar-refractivity contribution < 1.29 is 9.90 Å². The summed E-state index contributed by atoms with van der Waals surface area (Å²) < 4.78 is 0.